The number of nitrogens with two attached hydrogens (primary N) is 1. The summed E-state index contributed by atoms with van der Waals surface area (Å²) < 4.78 is 10.3. The molecule has 18 heavy (non-hydrogen) atoms. The van der Waals surface area contributed by atoms with Gasteiger partial charge in [-0.25, -0.2) is 0 Å². The van der Waals surface area contributed by atoms with Crippen LogP contribution in [0, 0.1) is 0 Å². The van der Waals surface area contributed by atoms with Gasteiger partial charge in [0, 0.05) is 5.56 Å². The van der Waals surface area contributed by atoms with E-state index in [0.717, 1.165) is 5.56 Å². The van der Waals surface area contributed by atoms with Crippen LogP contribution in [-0.2, 0) is 11.2 Å². The zero-order valence-electron chi connectivity index (χ0n) is 10.5. The van der Waals surface area contributed by atoms with Crippen molar-refractivity contribution in [3.05, 3.63) is 22.2 Å². The van der Waals surface area contributed by atoms with E-state index in [0.29, 0.717) is 17.2 Å². The van der Waals surface area contributed by atoms with Gasteiger partial charge in [-0.2, -0.15) is 0 Å². The summed E-state index contributed by atoms with van der Waals surface area (Å²) in [6.07, 6.45) is 0.637. The number of carbonyl (C=O) groups is 1. The summed E-state index contributed by atoms with van der Waals surface area (Å²) in [5.41, 5.74) is 6.65. The molecule has 1 unspecified atom stereocenters. The summed E-state index contributed by atoms with van der Waals surface area (Å²) in [4.78, 5) is 11.0. The number of aliphatic carboxylic acids is 1. The van der Waals surface area contributed by atoms with Gasteiger partial charge in [0.15, 0.2) is 11.5 Å². The van der Waals surface area contributed by atoms with Crippen LogP contribution in [0.25, 0.3) is 0 Å². The molecule has 1 rings (SSSR count). The number of carboxylic acids is 1. The molecule has 0 aliphatic rings. The van der Waals surface area contributed by atoms with E-state index in [1.165, 1.54) is 14.2 Å². The molecule has 3 N–H and O–H groups in total. The molecule has 0 spiro atoms. The van der Waals surface area contributed by atoms with Gasteiger partial charge < -0.3 is 20.3 Å². The van der Waals surface area contributed by atoms with E-state index < -0.39 is 12.0 Å². The molecule has 1 aromatic carbocycles. The third-order valence-electron chi connectivity index (χ3n) is 2.67. The van der Waals surface area contributed by atoms with Gasteiger partial charge in [0.05, 0.1) is 19.2 Å². The van der Waals surface area contributed by atoms with Crippen LogP contribution in [0.2, 0.25) is 5.02 Å². The lowest BCUT2D eigenvalue weighted by Gasteiger charge is -2.19. The Kier molecular flexibility index (Phi) is 4.81. The summed E-state index contributed by atoms with van der Waals surface area (Å²) in [5.74, 6) is -0.495. The van der Waals surface area contributed by atoms with Crippen molar-refractivity contribution in [2.75, 3.05) is 14.2 Å². The number of aryl methyl sites for hydroxylation is 1. The SMILES string of the molecule is CCc1cc(OC)c(OC)c(C(N)C(=O)O)c1Cl. The van der Waals surface area contributed by atoms with Gasteiger partial charge in [0.2, 0.25) is 0 Å². The minimum atomic E-state index is -1.26. The fraction of sp³-hybridized carbons (Fsp3) is 0.417. The highest BCUT2D eigenvalue weighted by molar-refractivity contribution is 6.32. The third-order valence-corrected chi connectivity index (χ3v) is 3.12. The Bertz CT molecular complexity index is 462. The number of halogens is 1. The van der Waals surface area contributed by atoms with E-state index in [1.807, 2.05) is 6.92 Å². The average molecular weight is 274 g/mol. The van der Waals surface area contributed by atoms with E-state index in [9.17, 15) is 4.79 Å². The largest absolute Gasteiger partial charge is 0.493 e. The second kappa shape index (κ2) is 5.93. The molecule has 100 valence electrons. The predicted octanol–water partition coefficient (Wildman–Crippen LogP) is 2.00. The second-order valence-corrected chi connectivity index (χ2v) is 4.05. The maximum absolute atomic E-state index is 11.0. The molecule has 1 aromatic rings. The van der Waals surface area contributed by atoms with Crippen LogP contribution in [-0.4, -0.2) is 25.3 Å². The minimum Gasteiger partial charge on any atom is -0.493 e. The number of hydrogen-bond donors (Lipinski definition) is 2. The summed E-state index contributed by atoms with van der Waals surface area (Å²) in [5, 5.41) is 9.34. The quantitative estimate of drug-likeness (QED) is 0.857. The van der Waals surface area contributed by atoms with Crippen molar-refractivity contribution in [3.63, 3.8) is 0 Å². The van der Waals surface area contributed by atoms with Crippen LogP contribution < -0.4 is 15.2 Å². The summed E-state index contributed by atoms with van der Waals surface area (Å²) in [7, 11) is 2.89. The Balaban J connectivity index is 3.57. The lowest BCUT2D eigenvalue weighted by Crippen LogP contribution is -2.22. The van der Waals surface area contributed by atoms with Gasteiger partial charge in [-0.15, -0.1) is 0 Å². The maximum atomic E-state index is 11.0. The smallest absolute Gasteiger partial charge is 0.325 e. The van der Waals surface area contributed by atoms with E-state index in [4.69, 9.17) is 31.9 Å². The van der Waals surface area contributed by atoms with E-state index in [2.05, 4.69) is 0 Å². The molecule has 0 aliphatic heterocycles. The van der Waals surface area contributed by atoms with Gasteiger partial charge in [-0.3, -0.25) is 4.79 Å². The van der Waals surface area contributed by atoms with E-state index >= 15 is 0 Å². The molecular formula is C12H16ClNO4. The van der Waals surface area contributed by atoms with E-state index in [1.54, 1.807) is 6.07 Å². The zero-order valence-corrected chi connectivity index (χ0v) is 11.2. The fourth-order valence-corrected chi connectivity index (χ4v) is 2.10. The first-order chi connectivity index (χ1) is 8.47. The predicted molar refractivity (Wildman–Crippen MR) is 68.5 cm³/mol. The van der Waals surface area contributed by atoms with Gasteiger partial charge in [-0.05, 0) is 18.1 Å². The third kappa shape index (κ3) is 2.52. The Morgan fingerprint density at radius 3 is 2.50 bits per heavy atom. The topological polar surface area (TPSA) is 81.8 Å². The molecule has 0 aliphatic carbocycles. The van der Waals surface area contributed by atoms with Crippen molar-refractivity contribution in [2.24, 2.45) is 5.73 Å². The second-order valence-electron chi connectivity index (χ2n) is 3.67. The van der Waals surface area contributed by atoms with E-state index in [-0.39, 0.29) is 11.3 Å². The first-order valence-corrected chi connectivity index (χ1v) is 5.77. The van der Waals surface area contributed by atoms with Gasteiger partial charge >= 0.3 is 5.97 Å². The van der Waals surface area contributed by atoms with Crippen molar-refractivity contribution in [1.82, 2.24) is 0 Å². The van der Waals surface area contributed by atoms with Crippen molar-refractivity contribution >= 4 is 17.6 Å². The summed E-state index contributed by atoms with van der Waals surface area (Å²) in [6.45, 7) is 1.91. The normalized spacial score (nSPS) is 12.1. The lowest BCUT2D eigenvalue weighted by molar-refractivity contribution is -0.138. The molecule has 0 heterocycles. The number of ether oxygens (including phenoxy) is 2. The highest BCUT2D eigenvalue weighted by atomic mass is 35.5. The zero-order chi connectivity index (χ0) is 13.9. The molecule has 0 bridgehead atoms. The Morgan fingerprint density at radius 2 is 2.11 bits per heavy atom. The van der Waals surface area contributed by atoms with Gasteiger partial charge in [0.25, 0.3) is 0 Å². The lowest BCUT2D eigenvalue weighted by atomic mass is 10.0. The molecule has 0 fully saturated rings. The molecule has 5 nitrogen and oxygen atoms in total. The number of hydrogen-bond acceptors (Lipinski definition) is 4. The fourth-order valence-electron chi connectivity index (χ4n) is 1.71. The van der Waals surface area contributed by atoms with Crippen molar-refractivity contribution in [1.29, 1.82) is 0 Å². The summed E-state index contributed by atoms with van der Waals surface area (Å²) in [6, 6.07) is 0.465. The number of rotatable bonds is 5. The molecule has 0 radical (unpaired) electrons. The van der Waals surface area contributed by atoms with Gasteiger partial charge in [0.1, 0.15) is 6.04 Å². The Morgan fingerprint density at radius 1 is 1.50 bits per heavy atom. The molecule has 0 aromatic heterocycles. The van der Waals surface area contributed by atoms with Crippen LogP contribution in [0.15, 0.2) is 6.07 Å². The minimum absolute atomic E-state index is 0.239. The standard InChI is InChI=1S/C12H16ClNO4/c1-4-6-5-7(17-2)11(18-3)8(9(6)13)10(14)12(15)16/h5,10H,4,14H2,1-3H3,(H,15,16). The number of benzene rings is 1. The number of carboxylic acid groups (broad SMARTS) is 1. The van der Waals surface area contributed by atoms with Crippen LogP contribution in [0.3, 0.4) is 0 Å². The van der Waals surface area contributed by atoms with Crippen molar-refractivity contribution < 1.29 is 19.4 Å². The van der Waals surface area contributed by atoms with Crippen molar-refractivity contribution in [3.8, 4) is 11.5 Å². The monoisotopic (exact) mass is 273 g/mol. The van der Waals surface area contributed by atoms with Crippen LogP contribution in [0.4, 0.5) is 0 Å². The Labute approximate surface area is 110 Å². The highest BCUT2D eigenvalue weighted by Gasteiger charge is 2.26. The Hall–Kier alpha value is -1.46. The summed E-state index contributed by atoms with van der Waals surface area (Å²) >= 11 is 6.18. The average Bonchev–Trinajstić information content (AvgIpc) is 2.36. The van der Waals surface area contributed by atoms with Crippen molar-refractivity contribution in [2.45, 2.75) is 19.4 Å². The molecule has 0 saturated heterocycles. The first kappa shape index (κ1) is 14.6. The molecule has 0 saturated carbocycles. The molecular weight excluding hydrogens is 258 g/mol. The first-order valence-electron chi connectivity index (χ1n) is 5.39. The highest BCUT2D eigenvalue weighted by Crippen LogP contribution is 2.41. The molecule has 0 amide bonds. The molecule has 6 heteroatoms. The van der Waals surface area contributed by atoms with Gasteiger partial charge in [-0.1, -0.05) is 18.5 Å². The van der Waals surface area contributed by atoms with Crippen LogP contribution >= 0.6 is 11.6 Å². The van der Waals surface area contributed by atoms with Crippen LogP contribution in [0.5, 0.6) is 11.5 Å². The molecule has 1 atom stereocenters. The number of methoxy groups -OCH3 is 2. The van der Waals surface area contributed by atoms with Crippen LogP contribution in [0.1, 0.15) is 24.1 Å². The maximum Gasteiger partial charge on any atom is 0.325 e.